The third kappa shape index (κ3) is 9.50. The molecule has 4 aromatic rings. The van der Waals surface area contributed by atoms with Crippen LogP contribution >= 0.6 is 0 Å². The summed E-state index contributed by atoms with van der Waals surface area (Å²) in [4.78, 5) is 30.6. The molecule has 51 heavy (non-hydrogen) atoms. The highest BCUT2D eigenvalue weighted by atomic mass is 16.6. The second kappa shape index (κ2) is 15.9. The van der Waals surface area contributed by atoms with Gasteiger partial charge >= 0.3 is 5.97 Å². The number of piperazine rings is 1. The normalized spacial score (nSPS) is 13.5. The predicted molar refractivity (Wildman–Crippen MR) is 203 cm³/mol. The van der Waals surface area contributed by atoms with Crippen molar-refractivity contribution < 1.29 is 19.4 Å². The van der Waals surface area contributed by atoms with E-state index in [1.807, 2.05) is 59.5 Å². The number of ether oxygens (including phenoxy) is 1. The standard InChI is InChI=1S/C42H45N5O4/c1-42(2,3)51-41(50)37(43)20-21-38(44)47-24-22-46(23-25-47)28-32-11-7-6-10-31(32)19-18-29-14-16-30(17-15-29)26-33-27-36(40(49)45(4)5)39(48)35-13-9-8-12-34(33)35/h6-17,20-21,27,43-44,48H,22-26,28H2,1-5H3/b21-20-,43-37?,44-38?. The van der Waals surface area contributed by atoms with Gasteiger partial charge in [-0.25, -0.2) is 4.79 Å². The van der Waals surface area contributed by atoms with E-state index >= 15 is 0 Å². The number of carbonyl (C=O) groups excluding carboxylic acids is 2. The molecule has 0 unspecified atom stereocenters. The van der Waals surface area contributed by atoms with E-state index in [1.165, 1.54) is 17.1 Å². The van der Waals surface area contributed by atoms with Gasteiger partial charge in [0.1, 0.15) is 22.9 Å². The van der Waals surface area contributed by atoms with E-state index in [0.29, 0.717) is 30.5 Å². The number of amides is 1. The third-order valence-electron chi connectivity index (χ3n) is 8.58. The molecule has 1 saturated heterocycles. The zero-order valence-electron chi connectivity index (χ0n) is 29.9. The van der Waals surface area contributed by atoms with E-state index in [2.05, 4.69) is 34.9 Å². The molecule has 4 aromatic carbocycles. The average molecular weight is 684 g/mol. The number of hydrogen-bond donors (Lipinski definition) is 3. The van der Waals surface area contributed by atoms with Gasteiger partial charge in [-0.1, -0.05) is 66.4 Å². The molecule has 1 aliphatic rings. The van der Waals surface area contributed by atoms with Gasteiger partial charge < -0.3 is 19.6 Å². The Hall–Kier alpha value is -5.72. The molecule has 0 aromatic heterocycles. The molecule has 9 heteroatoms. The molecule has 0 atom stereocenters. The summed E-state index contributed by atoms with van der Waals surface area (Å²) in [6.07, 6.45) is 3.41. The highest BCUT2D eigenvalue weighted by Gasteiger charge is 2.21. The average Bonchev–Trinajstić information content (AvgIpc) is 3.11. The van der Waals surface area contributed by atoms with Gasteiger partial charge in [0.15, 0.2) is 0 Å². The summed E-state index contributed by atoms with van der Waals surface area (Å²) in [6.45, 7) is 8.86. The predicted octanol–water partition coefficient (Wildman–Crippen LogP) is 6.25. The molecule has 0 radical (unpaired) electrons. The fraction of sp³-hybridized carbons (Fsp3) is 0.286. The van der Waals surface area contributed by atoms with Crippen molar-refractivity contribution in [3.05, 3.63) is 124 Å². The number of hydrogen-bond acceptors (Lipinski definition) is 7. The van der Waals surface area contributed by atoms with Crippen LogP contribution in [0.3, 0.4) is 0 Å². The molecule has 1 aliphatic heterocycles. The van der Waals surface area contributed by atoms with Crippen LogP contribution in [-0.2, 0) is 22.5 Å². The van der Waals surface area contributed by atoms with E-state index in [0.717, 1.165) is 52.8 Å². The summed E-state index contributed by atoms with van der Waals surface area (Å²) in [5.41, 5.74) is 4.38. The number of fused-ring (bicyclic) bond motifs is 1. The van der Waals surface area contributed by atoms with Gasteiger partial charge in [-0.2, -0.15) is 0 Å². The highest BCUT2D eigenvalue weighted by Crippen LogP contribution is 2.33. The molecular weight excluding hydrogens is 638 g/mol. The van der Waals surface area contributed by atoms with Crippen molar-refractivity contribution in [1.82, 2.24) is 14.7 Å². The first kappa shape index (κ1) is 36.6. The lowest BCUT2D eigenvalue weighted by Gasteiger charge is -2.35. The fourth-order valence-electron chi connectivity index (χ4n) is 5.89. The number of phenolic OH excluding ortho intramolecular Hbond substituents is 1. The molecule has 1 fully saturated rings. The molecule has 0 saturated carbocycles. The maximum absolute atomic E-state index is 12.8. The number of nitrogens with one attached hydrogen (secondary N) is 2. The molecule has 0 bridgehead atoms. The van der Waals surface area contributed by atoms with Crippen LogP contribution in [0.1, 0.15) is 58.9 Å². The minimum atomic E-state index is -0.705. The second-order valence-corrected chi connectivity index (χ2v) is 13.9. The molecule has 9 nitrogen and oxygen atoms in total. The number of amidine groups is 1. The number of benzene rings is 4. The number of carbonyl (C=O) groups is 2. The lowest BCUT2D eigenvalue weighted by Crippen LogP contribution is -2.47. The number of rotatable bonds is 8. The van der Waals surface area contributed by atoms with Crippen LogP contribution in [0, 0.1) is 22.7 Å². The Labute approximate surface area is 300 Å². The SMILES string of the molecule is CN(C)C(=O)c1cc(Cc2ccc(C#Cc3ccccc3CN3CCN(C(=N)/C=C\C(=N)C(=O)OC(C)(C)C)CC3)cc2)c2ccccc2c1O. The monoisotopic (exact) mass is 683 g/mol. The van der Waals surface area contributed by atoms with E-state index < -0.39 is 11.6 Å². The van der Waals surface area contributed by atoms with E-state index in [9.17, 15) is 14.7 Å². The van der Waals surface area contributed by atoms with Crippen LogP contribution in [0.2, 0.25) is 0 Å². The Kier molecular flexibility index (Phi) is 11.4. The Morgan fingerprint density at radius 3 is 2.18 bits per heavy atom. The first-order valence-electron chi connectivity index (χ1n) is 17.0. The van der Waals surface area contributed by atoms with E-state index in [-0.39, 0.29) is 23.2 Å². The lowest BCUT2D eigenvalue weighted by molar-refractivity contribution is -0.146. The minimum Gasteiger partial charge on any atom is -0.506 e. The molecule has 1 amide bonds. The van der Waals surface area contributed by atoms with Crippen LogP contribution in [-0.4, -0.2) is 89.1 Å². The van der Waals surface area contributed by atoms with Crippen molar-refractivity contribution in [2.24, 2.45) is 0 Å². The Balaban J connectivity index is 1.20. The summed E-state index contributed by atoms with van der Waals surface area (Å²) in [5.74, 6) is 6.02. The molecule has 1 heterocycles. The molecule has 5 rings (SSSR count). The molecule has 0 spiro atoms. The van der Waals surface area contributed by atoms with Gasteiger partial charge in [0.2, 0.25) is 0 Å². The van der Waals surface area contributed by atoms with Gasteiger partial charge in [-0.05, 0) is 85.7 Å². The fourth-order valence-corrected chi connectivity index (χ4v) is 5.89. The summed E-state index contributed by atoms with van der Waals surface area (Å²) in [6, 6.07) is 25.7. The first-order valence-corrected chi connectivity index (χ1v) is 17.0. The quantitative estimate of drug-likeness (QED) is 0.0874. The van der Waals surface area contributed by atoms with Gasteiger partial charge in [-0.15, -0.1) is 0 Å². The van der Waals surface area contributed by atoms with Crippen LogP contribution in [0.5, 0.6) is 5.75 Å². The van der Waals surface area contributed by atoms with Crippen molar-refractivity contribution in [3.8, 4) is 17.6 Å². The maximum Gasteiger partial charge on any atom is 0.356 e. The summed E-state index contributed by atoms with van der Waals surface area (Å²) in [7, 11) is 3.36. The Bertz CT molecular complexity index is 2040. The number of phenols is 1. The van der Waals surface area contributed by atoms with Gasteiger partial charge in [0.25, 0.3) is 5.91 Å². The van der Waals surface area contributed by atoms with Crippen molar-refractivity contribution in [2.75, 3.05) is 40.3 Å². The molecular formula is C42H45N5O4. The summed E-state index contributed by atoms with van der Waals surface area (Å²) < 4.78 is 5.22. The highest BCUT2D eigenvalue weighted by molar-refractivity contribution is 6.40. The van der Waals surface area contributed by atoms with E-state index in [1.54, 1.807) is 40.9 Å². The first-order chi connectivity index (χ1) is 24.3. The van der Waals surface area contributed by atoms with Gasteiger partial charge in [0, 0.05) is 63.3 Å². The summed E-state index contributed by atoms with van der Waals surface area (Å²) >= 11 is 0. The minimum absolute atomic E-state index is 0.00531. The Morgan fingerprint density at radius 2 is 1.51 bits per heavy atom. The van der Waals surface area contributed by atoms with Crippen LogP contribution in [0.4, 0.5) is 0 Å². The summed E-state index contributed by atoms with van der Waals surface area (Å²) in [5, 5.41) is 28.8. The number of esters is 1. The van der Waals surface area contributed by atoms with Crippen molar-refractivity contribution in [1.29, 1.82) is 10.8 Å². The van der Waals surface area contributed by atoms with Crippen LogP contribution in [0.25, 0.3) is 10.8 Å². The third-order valence-corrected chi connectivity index (χ3v) is 8.58. The van der Waals surface area contributed by atoms with Gasteiger partial charge in [0.05, 0.1) is 5.56 Å². The lowest BCUT2D eigenvalue weighted by atomic mass is 9.94. The zero-order chi connectivity index (χ0) is 36.7. The van der Waals surface area contributed by atoms with Crippen LogP contribution < -0.4 is 0 Å². The van der Waals surface area contributed by atoms with Crippen molar-refractivity contribution >= 4 is 34.2 Å². The Morgan fingerprint density at radius 1 is 0.863 bits per heavy atom. The number of aromatic hydroxyl groups is 1. The second-order valence-electron chi connectivity index (χ2n) is 13.9. The smallest absolute Gasteiger partial charge is 0.356 e. The van der Waals surface area contributed by atoms with E-state index in [4.69, 9.17) is 15.6 Å². The van der Waals surface area contributed by atoms with Crippen molar-refractivity contribution in [3.63, 3.8) is 0 Å². The molecule has 0 aliphatic carbocycles. The molecule has 262 valence electrons. The van der Waals surface area contributed by atoms with Gasteiger partial charge in [-0.3, -0.25) is 20.5 Å². The van der Waals surface area contributed by atoms with Crippen LogP contribution in [0.15, 0.2) is 91.0 Å². The number of nitrogens with zero attached hydrogens (tertiary/aromatic N) is 3. The zero-order valence-corrected chi connectivity index (χ0v) is 29.9. The topological polar surface area (TPSA) is 121 Å². The van der Waals surface area contributed by atoms with Crippen molar-refractivity contribution in [2.45, 2.75) is 39.3 Å². The maximum atomic E-state index is 12.8. The molecule has 3 N–H and O–H groups in total. The largest absolute Gasteiger partial charge is 0.506 e.